The molecular weight excluding hydrogens is 400 g/mol. The van der Waals surface area contributed by atoms with Gasteiger partial charge in [0.1, 0.15) is 5.75 Å². The molecule has 1 unspecified atom stereocenters. The fraction of sp³-hybridized carbons (Fsp3) is 0.682. The summed E-state index contributed by atoms with van der Waals surface area (Å²) in [7, 11) is 1.71. The Hall–Kier alpha value is -1.48. The third-order valence-electron chi connectivity index (χ3n) is 5.50. The molecule has 0 bridgehead atoms. The Labute approximate surface area is 184 Å². The second-order valence-corrected chi connectivity index (χ2v) is 8.77. The van der Waals surface area contributed by atoms with E-state index in [1.807, 2.05) is 36.0 Å². The molecule has 2 aliphatic heterocycles. The van der Waals surface area contributed by atoms with E-state index in [-0.39, 0.29) is 5.54 Å². The molecule has 8 heteroatoms. The number of rotatable bonds is 10. The van der Waals surface area contributed by atoms with Gasteiger partial charge >= 0.3 is 0 Å². The molecule has 2 fully saturated rings. The highest BCUT2D eigenvalue weighted by Crippen LogP contribution is 2.34. The minimum atomic E-state index is 0.142. The highest BCUT2D eigenvalue weighted by atomic mass is 32.2. The molecular formula is C22H36N4O3S. The molecule has 1 atom stereocenters. The van der Waals surface area contributed by atoms with Crippen LogP contribution in [0.5, 0.6) is 5.75 Å². The number of hydrogen-bond acceptors (Lipinski definition) is 6. The Bertz CT molecular complexity index is 662. The summed E-state index contributed by atoms with van der Waals surface area (Å²) < 4.78 is 16.5. The van der Waals surface area contributed by atoms with Crippen molar-refractivity contribution in [2.75, 3.05) is 76.5 Å². The zero-order chi connectivity index (χ0) is 21.1. The number of methoxy groups -OCH3 is 1. The maximum atomic E-state index is 5.83. The van der Waals surface area contributed by atoms with Gasteiger partial charge in [0, 0.05) is 57.3 Å². The number of thioether (sulfide) groups is 1. The van der Waals surface area contributed by atoms with E-state index in [2.05, 4.69) is 22.5 Å². The number of morpholine rings is 1. The molecule has 0 aliphatic carbocycles. The Morgan fingerprint density at radius 1 is 1.30 bits per heavy atom. The maximum absolute atomic E-state index is 5.83. The van der Waals surface area contributed by atoms with E-state index in [0.717, 1.165) is 69.0 Å². The number of hydrogen-bond donors (Lipinski definition) is 2. The molecule has 3 rings (SSSR count). The predicted octanol–water partition coefficient (Wildman–Crippen LogP) is 2.69. The maximum Gasteiger partial charge on any atom is 0.195 e. The second kappa shape index (κ2) is 12.4. The Morgan fingerprint density at radius 2 is 2.17 bits per heavy atom. The van der Waals surface area contributed by atoms with Gasteiger partial charge in [-0.05, 0) is 31.2 Å². The zero-order valence-corrected chi connectivity index (χ0v) is 19.1. The molecule has 2 heterocycles. The summed E-state index contributed by atoms with van der Waals surface area (Å²) in [4.78, 5) is 7.59. The summed E-state index contributed by atoms with van der Waals surface area (Å²) in [6.07, 6.45) is 2.06. The summed E-state index contributed by atoms with van der Waals surface area (Å²) >= 11 is 2.04. The molecule has 2 saturated heterocycles. The highest BCUT2D eigenvalue weighted by Gasteiger charge is 2.40. The first kappa shape index (κ1) is 23.2. The van der Waals surface area contributed by atoms with E-state index in [9.17, 15) is 0 Å². The normalized spacial score (nSPS) is 22.8. The van der Waals surface area contributed by atoms with E-state index >= 15 is 0 Å². The topological polar surface area (TPSA) is 67.4 Å². The van der Waals surface area contributed by atoms with Crippen molar-refractivity contribution in [3.05, 3.63) is 24.3 Å². The van der Waals surface area contributed by atoms with Gasteiger partial charge in [-0.2, -0.15) is 11.8 Å². The monoisotopic (exact) mass is 436 g/mol. The third kappa shape index (κ3) is 6.77. The number of nitrogens with zero attached hydrogens (tertiary/aromatic N) is 2. The largest absolute Gasteiger partial charge is 0.493 e. The zero-order valence-electron chi connectivity index (χ0n) is 18.3. The smallest absolute Gasteiger partial charge is 0.195 e. The predicted molar refractivity (Wildman–Crippen MR) is 125 cm³/mol. The summed E-state index contributed by atoms with van der Waals surface area (Å²) in [5.74, 6) is 4.02. The Balaban J connectivity index is 1.64. The molecule has 168 valence electrons. The SMILES string of the molecule is CCNC(=NCC1(N2CCOCC2)CCSC1)Nc1cccc(OCCCOC)c1. The number of guanidine groups is 1. The van der Waals surface area contributed by atoms with Crippen molar-refractivity contribution in [1.29, 1.82) is 0 Å². The van der Waals surface area contributed by atoms with Crippen LogP contribution in [0.3, 0.4) is 0 Å². The molecule has 0 amide bonds. The molecule has 0 radical (unpaired) electrons. The number of aliphatic imine (C=N–C) groups is 1. The van der Waals surface area contributed by atoms with Crippen LogP contribution < -0.4 is 15.4 Å². The van der Waals surface area contributed by atoms with Crippen LogP contribution in [-0.2, 0) is 9.47 Å². The first-order chi connectivity index (χ1) is 14.8. The summed E-state index contributed by atoms with van der Waals surface area (Å²) in [6.45, 7) is 8.71. The highest BCUT2D eigenvalue weighted by molar-refractivity contribution is 7.99. The first-order valence-corrected chi connectivity index (χ1v) is 12.1. The molecule has 1 aromatic carbocycles. The van der Waals surface area contributed by atoms with Crippen molar-refractivity contribution >= 4 is 23.4 Å². The van der Waals surface area contributed by atoms with Crippen molar-refractivity contribution in [3.63, 3.8) is 0 Å². The average Bonchev–Trinajstić information content (AvgIpc) is 3.27. The van der Waals surface area contributed by atoms with Gasteiger partial charge in [0.15, 0.2) is 5.96 Å². The molecule has 2 N–H and O–H groups in total. The van der Waals surface area contributed by atoms with Crippen LogP contribution >= 0.6 is 11.8 Å². The van der Waals surface area contributed by atoms with Gasteiger partial charge in [-0.3, -0.25) is 9.89 Å². The summed E-state index contributed by atoms with van der Waals surface area (Å²) in [5.41, 5.74) is 1.11. The lowest BCUT2D eigenvalue weighted by molar-refractivity contribution is -0.0104. The van der Waals surface area contributed by atoms with E-state index in [1.54, 1.807) is 7.11 Å². The van der Waals surface area contributed by atoms with E-state index in [4.69, 9.17) is 19.2 Å². The Kier molecular flexibility index (Phi) is 9.58. The van der Waals surface area contributed by atoms with Crippen LogP contribution in [0.4, 0.5) is 5.69 Å². The number of benzene rings is 1. The minimum absolute atomic E-state index is 0.142. The fourth-order valence-electron chi connectivity index (χ4n) is 3.84. The van der Waals surface area contributed by atoms with E-state index < -0.39 is 0 Å². The van der Waals surface area contributed by atoms with E-state index in [0.29, 0.717) is 13.2 Å². The molecule has 2 aliphatic rings. The lowest BCUT2D eigenvalue weighted by Gasteiger charge is -2.42. The van der Waals surface area contributed by atoms with E-state index in [1.165, 1.54) is 12.2 Å². The molecule has 0 spiro atoms. The van der Waals surface area contributed by atoms with Crippen molar-refractivity contribution in [2.24, 2.45) is 4.99 Å². The van der Waals surface area contributed by atoms with Crippen LogP contribution in [0.2, 0.25) is 0 Å². The Morgan fingerprint density at radius 3 is 2.90 bits per heavy atom. The molecule has 30 heavy (non-hydrogen) atoms. The second-order valence-electron chi connectivity index (χ2n) is 7.67. The minimum Gasteiger partial charge on any atom is -0.493 e. The van der Waals surface area contributed by atoms with Crippen LogP contribution in [-0.4, -0.2) is 87.6 Å². The van der Waals surface area contributed by atoms with Crippen LogP contribution in [0, 0.1) is 0 Å². The quantitative estimate of drug-likeness (QED) is 0.332. The van der Waals surface area contributed by atoms with Gasteiger partial charge < -0.3 is 24.8 Å². The van der Waals surface area contributed by atoms with Crippen molar-refractivity contribution in [2.45, 2.75) is 25.3 Å². The van der Waals surface area contributed by atoms with Crippen LogP contribution in [0.15, 0.2) is 29.3 Å². The van der Waals surface area contributed by atoms with Gasteiger partial charge in [-0.1, -0.05) is 6.07 Å². The van der Waals surface area contributed by atoms with Crippen molar-refractivity contribution in [1.82, 2.24) is 10.2 Å². The van der Waals surface area contributed by atoms with Gasteiger partial charge in [0.25, 0.3) is 0 Å². The molecule has 1 aromatic rings. The fourth-order valence-corrected chi connectivity index (χ4v) is 5.30. The first-order valence-electron chi connectivity index (χ1n) is 10.9. The molecule has 0 saturated carbocycles. The summed E-state index contributed by atoms with van der Waals surface area (Å²) in [6, 6.07) is 8.03. The molecule has 7 nitrogen and oxygen atoms in total. The van der Waals surface area contributed by atoms with Crippen molar-refractivity contribution in [3.8, 4) is 5.75 Å². The van der Waals surface area contributed by atoms with Gasteiger partial charge in [-0.15, -0.1) is 0 Å². The summed E-state index contributed by atoms with van der Waals surface area (Å²) in [5, 5.41) is 6.84. The average molecular weight is 437 g/mol. The number of anilines is 1. The van der Waals surface area contributed by atoms with Crippen LogP contribution in [0.1, 0.15) is 19.8 Å². The van der Waals surface area contributed by atoms with Crippen LogP contribution in [0.25, 0.3) is 0 Å². The molecule has 0 aromatic heterocycles. The van der Waals surface area contributed by atoms with Crippen molar-refractivity contribution < 1.29 is 14.2 Å². The lowest BCUT2D eigenvalue weighted by Crippen LogP contribution is -2.56. The standard InChI is InChI=1S/C22H36N4O3S/c1-3-23-21(25-19-6-4-7-20(16-19)29-12-5-11-27-2)24-17-22(8-15-30-18-22)26-9-13-28-14-10-26/h4,6-7,16H,3,5,8-15,17-18H2,1-2H3,(H2,23,24,25). The van der Waals surface area contributed by atoms with Gasteiger partial charge in [-0.25, -0.2) is 0 Å². The third-order valence-corrected chi connectivity index (χ3v) is 6.73. The van der Waals surface area contributed by atoms with Gasteiger partial charge in [0.2, 0.25) is 0 Å². The van der Waals surface area contributed by atoms with Gasteiger partial charge in [0.05, 0.1) is 31.9 Å². The number of ether oxygens (including phenoxy) is 3. The lowest BCUT2D eigenvalue weighted by atomic mass is 9.96. The number of nitrogens with one attached hydrogen (secondary N) is 2.